The monoisotopic (exact) mass is 693 g/mol. The molecule has 1 amide bonds. The van der Waals surface area contributed by atoms with E-state index in [2.05, 4.69) is 0 Å². The van der Waals surface area contributed by atoms with Crippen molar-refractivity contribution >= 4 is 21.7 Å². The van der Waals surface area contributed by atoms with Gasteiger partial charge in [-0.25, -0.2) is 12.8 Å². The van der Waals surface area contributed by atoms with E-state index < -0.39 is 86.7 Å². The third-order valence-corrected chi connectivity index (χ3v) is 12.5. The second kappa shape index (κ2) is 12.7. The maximum Gasteiger partial charge on any atom is 0.430 e. The number of nitrogens with zero attached hydrogens (tertiary/aromatic N) is 1. The largest absolute Gasteiger partial charge is 0.481 e. The van der Waals surface area contributed by atoms with Crippen molar-refractivity contribution in [2.45, 2.75) is 79.0 Å². The minimum Gasteiger partial charge on any atom is -0.481 e. The summed E-state index contributed by atoms with van der Waals surface area (Å²) in [6, 6.07) is 6.73. The Morgan fingerprint density at radius 3 is 1.89 bits per heavy atom. The van der Waals surface area contributed by atoms with Crippen LogP contribution in [-0.4, -0.2) is 62.3 Å². The van der Waals surface area contributed by atoms with Crippen molar-refractivity contribution in [2.24, 2.45) is 17.8 Å². The van der Waals surface area contributed by atoms with Crippen LogP contribution in [0.25, 0.3) is 0 Å². The van der Waals surface area contributed by atoms with E-state index in [0.29, 0.717) is 31.4 Å². The van der Waals surface area contributed by atoms with Crippen molar-refractivity contribution in [3.63, 3.8) is 0 Å². The van der Waals surface area contributed by atoms with Crippen molar-refractivity contribution in [3.8, 4) is 0 Å². The van der Waals surface area contributed by atoms with Crippen molar-refractivity contribution in [1.82, 2.24) is 4.90 Å². The van der Waals surface area contributed by atoms with Crippen molar-refractivity contribution in [3.05, 3.63) is 65.5 Å². The number of carbonyl (C=O) groups excluding carboxylic acids is 1. The zero-order chi connectivity index (χ0) is 34.4. The molecule has 2 aromatic rings. The Labute approximate surface area is 267 Å². The Morgan fingerprint density at radius 1 is 0.851 bits per heavy atom. The van der Waals surface area contributed by atoms with Gasteiger partial charge in [0.1, 0.15) is 10.6 Å². The molecule has 1 atom stereocenters. The number of likely N-dealkylation sites (tertiary alicyclic amines) is 1. The average Bonchev–Trinajstić information content (AvgIpc) is 3.45. The molecule has 0 aromatic heterocycles. The van der Waals surface area contributed by atoms with E-state index in [9.17, 15) is 53.8 Å². The smallest absolute Gasteiger partial charge is 0.430 e. The van der Waals surface area contributed by atoms with E-state index in [0.717, 1.165) is 36.4 Å². The van der Waals surface area contributed by atoms with Gasteiger partial charge in [0.05, 0.1) is 17.4 Å². The summed E-state index contributed by atoms with van der Waals surface area (Å²) < 4.78 is 131. The van der Waals surface area contributed by atoms with E-state index in [1.807, 2.05) is 0 Å². The van der Waals surface area contributed by atoms with Gasteiger partial charge in [-0.15, -0.1) is 0 Å². The van der Waals surface area contributed by atoms with Gasteiger partial charge in [-0.2, -0.15) is 26.3 Å². The number of hydrogen-bond donors (Lipinski definition) is 1. The minimum absolute atomic E-state index is 0.0978. The highest BCUT2D eigenvalue weighted by molar-refractivity contribution is 7.92. The zero-order valence-electron chi connectivity index (χ0n) is 25.1. The topological polar surface area (TPSA) is 101 Å². The first kappa shape index (κ1) is 35.1. The molecule has 258 valence electrons. The van der Waals surface area contributed by atoms with E-state index in [1.54, 1.807) is 0 Å². The Hall–Kier alpha value is -3.20. The number of alkyl halides is 6. The molecule has 5 rings (SSSR count). The molecule has 0 radical (unpaired) electrons. The molecular weight excluding hydrogens is 659 g/mol. The Morgan fingerprint density at radius 2 is 1.40 bits per heavy atom. The average molecular weight is 694 g/mol. The second-order valence-electron chi connectivity index (χ2n) is 12.7. The van der Waals surface area contributed by atoms with E-state index in [1.165, 1.54) is 4.90 Å². The van der Waals surface area contributed by atoms with Crippen LogP contribution in [0, 0.1) is 23.6 Å². The number of aliphatic carboxylic acids is 1. The highest BCUT2D eigenvalue weighted by atomic mass is 32.2. The van der Waals surface area contributed by atoms with Gasteiger partial charge in [0.15, 0.2) is 9.84 Å². The SMILES string of the molecule is O=C(O)[C@H]1CC[C@H](C(=O)N2CC[C@](c3ccc(C(OCC4CCC4)(C(F)(F)F)C(F)(F)F)cc3)(S(=O)(=O)c3ccc(F)cc3)C2)CC1. The number of sulfone groups is 1. The Kier molecular flexibility index (Phi) is 9.47. The number of carboxylic acid groups (broad SMARTS) is 1. The fraction of sp³-hybridized carbons (Fsp3) is 0.562. The van der Waals surface area contributed by atoms with Crippen LogP contribution in [0.15, 0.2) is 53.4 Å². The molecule has 0 bridgehead atoms. The molecule has 3 aliphatic rings. The zero-order valence-corrected chi connectivity index (χ0v) is 25.9. The first-order valence-corrected chi connectivity index (χ1v) is 16.8. The molecule has 0 unspecified atom stereocenters. The summed E-state index contributed by atoms with van der Waals surface area (Å²) in [4.78, 5) is 25.8. The Bertz CT molecular complexity index is 1550. The Balaban J connectivity index is 1.53. The van der Waals surface area contributed by atoms with E-state index in [4.69, 9.17) is 4.74 Å². The number of halogens is 7. The standard InChI is InChI=1S/C32H34F7NO6S/c33-25-12-14-26(15-13-25)47(44,45)29(16-17-40(19-29)27(41)21-4-6-22(7-5-21)28(42)43)23-8-10-24(11-9-23)30(31(34,35)36,32(37,38)39)46-18-20-2-1-3-20/h8-15,20-22H,1-7,16-19H2,(H,42,43)/t21-,22-,29-/m0/s1. The van der Waals surface area contributed by atoms with E-state index >= 15 is 0 Å². The van der Waals surface area contributed by atoms with E-state index in [-0.39, 0.29) is 49.1 Å². The van der Waals surface area contributed by atoms with Gasteiger partial charge in [0.25, 0.3) is 5.60 Å². The summed E-state index contributed by atoms with van der Waals surface area (Å²) in [6.45, 7) is -1.33. The molecule has 2 aromatic carbocycles. The fourth-order valence-electron chi connectivity index (χ4n) is 6.91. The highest BCUT2D eigenvalue weighted by Crippen LogP contribution is 2.54. The molecule has 3 fully saturated rings. The molecule has 1 N–H and O–H groups in total. The molecule has 47 heavy (non-hydrogen) atoms. The lowest BCUT2D eigenvalue weighted by molar-refractivity contribution is -0.392. The molecule has 0 spiro atoms. The summed E-state index contributed by atoms with van der Waals surface area (Å²) in [7, 11) is -4.52. The van der Waals surface area contributed by atoms with Gasteiger partial charge in [-0.3, -0.25) is 9.59 Å². The van der Waals surface area contributed by atoms with Crippen molar-refractivity contribution < 1.29 is 58.6 Å². The molecule has 2 aliphatic carbocycles. The van der Waals surface area contributed by atoms with Crippen LogP contribution in [0.3, 0.4) is 0 Å². The number of hydrogen-bond acceptors (Lipinski definition) is 5. The third-order valence-electron chi connectivity index (χ3n) is 9.98. The van der Waals surface area contributed by atoms with Crippen LogP contribution in [-0.2, 0) is 34.5 Å². The lowest BCUT2D eigenvalue weighted by Crippen LogP contribution is -2.56. The number of amides is 1. The molecule has 1 aliphatic heterocycles. The fourth-order valence-corrected chi connectivity index (χ4v) is 8.99. The maximum atomic E-state index is 14.4. The lowest BCUT2D eigenvalue weighted by Gasteiger charge is -2.39. The summed E-state index contributed by atoms with van der Waals surface area (Å²) >= 11 is 0. The predicted octanol–water partition coefficient (Wildman–Crippen LogP) is 6.75. The van der Waals surface area contributed by atoms with Gasteiger partial charge in [0.2, 0.25) is 5.91 Å². The van der Waals surface area contributed by atoms with Crippen molar-refractivity contribution in [1.29, 1.82) is 0 Å². The first-order valence-electron chi connectivity index (χ1n) is 15.3. The van der Waals surface area contributed by atoms with Crippen LogP contribution >= 0.6 is 0 Å². The third kappa shape index (κ3) is 6.25. The van der Waals surface area contributed by atoms with Crippen LogP contribution in [0.4, 0.5) is 30.7 Å². The first-order chi connectivity index (χ1) is 21.9. The molecular formula is C32H34F7NO6S. The molecule has 2 saturated carbocycles. The summed E-state index contributed by atoms with van der Waals surface area (Å²) in [5.74, 6) is -3.77. The van der Waals surface area contributed by atoms with Crippen LogP contribution in [0.5, 0.6) is 0 Å². The van der Waals surface area contributed by atoms with Gasteiger partial charge in [0, 0.05) is 24.6 Å². The second-order valence-corrected chi connectivity index (χ2v) is 15.0. The maximum absolute atomic E-state index is 14.4. The predicted molar refractivity (Wildman–Crippen MR) is 153 cm³/mol. The number of rotatable bonds is 9. The summed E-state index contributed by atoms with van der Waals surface area (Å²) in [5, 5.41) is 9.29. The number of carbonyl (C=O) groups is 2. The number of benzene rings is 2. The normalized spacial score (nSPS) is 24.6. The van der Waals surface area contributed by atoms with Gasteiger partial charge in [-0.05, 0) is 80.7 Å². The lowest BCUT2D eigenvalue weighted by atomic mass is 9.81. The van der Waals surface area contributed by atoms with Gasteiger partial charge >= 0.3 is 18.3 Å². The van der Waals surface area contributed by atoms with Crippen LogP contribution in [0.2, 0.25) is 0 Å². The minimum atomic E-state index is -5.91. The number of carboxylic acids is 1. The molecule has 1 saturated heterocycles. The molecule has 15 heteroatoms. The van der Waals surface area contributed by atoms with Crippen LogP contribution in [0.1, 0.15) is 62.5 Å². The van der Waals surface area contributed by atoms with Crippen molar-refractivity contribution in [2.75, 3.05) is 19.7 Å². The quantitative estimate of drug-likeness (QED) is 0.230. The summed E-state index contributed by atoms with van der Waals surface area (Å²) in [5.41, 5.74) is -6.08. The van der Waals surface area contributed by atoms with Crippen LogP contribution < -0.4 is 0 Å². The van der Waals surface area contributed by atoms with Gasteiger partial charge in [-0.1, -0.05) is 30.7 Å². The number of ether oxygens (including phenoxy) is 1. The summed E-state index contributed by atoms with van der Waals surface area (Å²) in [6.07, 6.45) is -9.50. The molecule has 1 heterocycles. The molecule has 7 nitrogen and oxygen atoms in total. The van der Waals surface area contributed by atoms with Gasteiger partial charge < -0.3 is 14.7 Å². The highest BCUT2D eigenvalue weighted by Gasteiger charge is 2.73.